The number of para-hydroxylation sites is 1. The van der Waals surface area contributed by atoms with Gasteiger partial charge in [-0.2, -0.15) is 0 Å². The van der Waals surface area contributed by atoms with Crippen molar-refractivity contribution >= 4 is 60.4 Å². The third kappa shape index (κ3) is 8.19. The summed E-state index contributed by atoms with van der Waals surface area (Å²) in [7, 11) is 0. The predicted octanol–water partition coefficient (Wildman–Crippen LogP) is 20.6. The van der Waals surface area contributed by atoms with Crippen LogP contribution in [-0.4, -0.2) is 4.57 Å². The lowest BCUT2D eigenvalue weighted by atomic mass is 9.93. The molecule has 0 aliphatic heterocycles. The third-order valence-corrected chi connectivity index (χ3v) is 15.1. The summed E-state index contributed by atoms with van der Waals surface area (Å²) >= 11 is 0. The predicted molar refractivity (Wildman–Crippen MR) is 323 cm³/mol. The highest BCUT2D eigenvalue weighted by Gasteiger charge is 2.20. The number of nitrogens with zero attached hydrogens (tertiary/aromatic N) is 2. The van der Waals surface area contributed by atoms with Gasteiger partial charge < -0.3 is 9.47 Å². The van der Waals surface area contributed by atoms with Crippen LogP contribution in [0, 0.1) is 0 Å². The summed E-state index contributed by atoms with van der Waals surface area (Å²) in [6.45, 7) is 0. The first-order valence-electron chi connectivity index (χ1n) is 26.1. The molecule has 0 spiro atoms. The van der Waals surface area contributed by atoms with Gasteiger partial charge in [0.1, 0.15) is 0 Å². The number of fused-ring (bicyclic) bond motifs is 5. The summed E-state index contributed by atoms with van der Waals surface area (Å²) in [4.78, 5) is 2.40. The Bertz CT molecular complexity index is 4350. The molecule has 356 valence electrons. The van der Waals surface area contributed by atoms with Crippen LogP contribution < -0.4 is 4.90 Å². The van der Waals surface area contributed by atoms with Gasteiger partial charge in [0.25, 0.3) is 0 Å². The lowest BCUT2D eigenvalue weighted by Crippen LogP contribution is -2.10. The summed E-state index contributed by atoms with van der Waals surface area (Å²) < 4.78 is 2.46. The minimum atomic E-state index is 1.10. The molecule has 2 heteroatoms. The van der Waals surface area contributed by atoms with Crippen LogP contribution in [0.2, 0.25) is 0 Å². The lowest BCUT2D eigenvalue weighted by Gasteiger charge is -2.27. The van der Waals surface area contributed by atoms with Gasteiger partial charge in [-0.1, -0.05) is 224 Å². The minimum absolute atomic E-state index is 1.10. The van der Waals surface area contributed by atoms with E-state index in [1.807, 2.05) is 0 Å². The van der Waals surface area contributed by atoms with Crippen molar-refractivity contribution in [2.75, 3.05) is 4.90 Å². The van der Waals surface area contributed by atoms with Crippen LogP contribution in [-0.2, 0) is 0 Å². The van der Waals surface area contributed by atoms with E-state index in [4.69, 9.17) is 0 Å². The molecular formula is C74H50N2. The van der Waals surface area contributed by atoms with Gasteiger partial charge in [0.05, 0.1) is 16.7 Å². The molecule has 2 nitrogen and oxygen atoms in total. The molecule has 0 aliphatic carbocycles. The molecule has 14 aromatic rings. The second-order valence-corrected chi connectivity index (χ2v) is 19.7. The average Bonchev–Trinajstić information content (AvgIpc) is 3.90. The number of hydrogen-bond acceptors (Lipinski definition) is 1. The van der Waals surface area contributed by atoms with Gasteiger partial charge in [0.2, 0.25) is 0 Å². The van der Waals surface area contributed by atoms with Gasteiger partial charge >= 0.3 is 0 Å². The second-order valence-electron chi connectivity index (χ2n) is 19.7. The zero-order chi connectivity index (χ0) is 50.4. The van der Waals surface area contributed by atoms with Gasteiger partial charge in [-0.15, -0.1) is 0 Å². The van der Waals surface area contributed by atoms with Crippen LogP contribution in [0.25, 0.3) is 116 Å². The van der Waals surface area contributed by atoms with Crippen molar-refractivity contribution in [3.05, 3.63) is 303 Å². The molecule has 0 bridgehead atoms. The first-order chi connectivity index (χ1) is 37.7. The Morgan fingerprint density at radius 2 is 0.697 bits per heavy atom. The van der Waals surface area contributed by atoms with Crippen molar-refractivity contribution in [1.29, 1.82) is 0 Å². The highest BCUT2D eigenvalue weighted by Crippen LogP contribution is 2.44. The Labute approximate surface area is 443 Å². The van der Waals surface area contributed by atoms with Crippen molar-refractivity contribution in [1.82, 2.24) is 4.57 Å². The molecule has 0 radical (unpaired) electrons. The summed E-state index contributed by atoms with van der Waals surface area (Å²) in [6, 6.07) is 111. The highest BCUT2D eigenvalue weighted by atomic mass is 15.1. The topological polar surface area (TPSA) is 8.17 Å². The van der Waals surface area contributed by atoms with Crippen molar-refractivity contribution in [2.45, 2.75) is 0 Å². The van der Waals surface area contributed by atoms with E-state index in [-0.39, 0.29) is 0 Å². The van der Waals surface area contributed by atoms with E-state index >= 15 is 0 Å². The fourth-order valence-electron chi connectivity index (χ4n) is 11.4. The maximum atomic E-state index is 2.46. The molecule has 0 fully saturated rings. The monoisotopic (exact) mass is 966 g/mol. The number of rotatable bonds is 10. The highest BCUT2D eigenvalue weighted by molar-refractivity contribution is 6.11. The van der Waals surface area contributed by atoms with Crippen LogP contribution in [0.3, 0.4) is 0 Å². The van der Waals surface area contributed by atoms with Crippen LogP contribution in [0.1, 0.15) is 0 Å². The van der Waals surface area contributed by atoms with Crippen molar-refractivity contribution in [2.24, 2.45) is 0 Å². The van der Waals surface area contributed by atoms with Crippen LogP contribution in [0.4, 0.5) is 17.1 Å². The molecule has 0 aliphatic rings. The lowest BCUT2D eigenvalue weighted by molar-refractivity contribution is 1.18. The maximum absolute atomic E-state index is 2.46. The molecule has 0 N–H and O–H groups in total. The smallest absolute Gasteiger partial charge is 0.0541 e. The zero-order valence-electron chi connectivity index (χ0n) is 41.8. The number of anilines is 3. The zero-order valence-corrected chi connectivity index (χ0v) is 41.8. The van der Waals surface area contributed by atoms with E-state index in [1.54, 1.807) is 0 Å². The fraction of sp³-hybridized carbons (Fsp3) is 0. The number of hydrogen-bond donors (Lipinski definition) is 0. The summed E-state index contributed by atoms with van der Waals surface area (Å²) in [6.07, 6.45) is 0. The number of benzene rings is 13. The van der Waals surface area contributed by atoms with E-state index in [1.165, 1.54) is 87.9 Å². The van der Waals surface area contributed by atoms with Gasteiger partial charge in [0.15, 0.2) is 0 Å². The standard InChI is InChI=1S/C74H50N2/c1-3-18-51(19-4-1)56-26-15-28-58(44-56)62-46-63(59-29-16-27-57(45-59)52-20-5-2-6-21-52)49-66(48-62)76-73-34-14-13-33-70(73)71-50-61(39-43-74(71)76)68-31-12-11-30-67(68)55-37-40-64(41-38-55)75(65-42-36-53-22-7-8-24-60(53)47-65)72-35-17-25-54-23-9-10-32-69(54)72/h1-50H. The first-order valence-corrected chi connectivity index (χ1v) is 26.1. The molecule has 13 aromatic carbocycles. The molecule has 0 saturated heterocycles. The van der Waals surface area contributed by atoms with Gasteiger partial charge in [-0.05, 0) is 162 Å². The fourth-order valence-corrected chi connectivity index (χ4v) is 11.4. The van der Waals surface area contributed by atoms with Crippen molar-refractivity contribution in [3.8, 4) is 72.4 Å². The van der Waals surface area contributed by atoms with E-state index in [9.17, 15) is 0 Å². The number of aromatic nitrogens is 1. The quantitative estimate of drug-likeness (QED) is 0.133. The van der Waals surface area contributed by atoms with Crippen molar-refractivity contribution < 1.29 is 0 Å². The van der Waals surface area contributed by atoms with Crippen LogP contribution in [0.5, 0.6) is 0 Å². The van der Waals surface area contributed by atoms with Crippen LogP contribution >= 0.6 is 0 Å². The Morgan fingerprint density at radius 3 is 1.38 bits per heavy atom. The average molecular weight is 967 g/mol. The van der Waals surface area contributed by atoms with Crippen LogP contribution in [0.15, 0.2) is 303 Å². The third-order valence-electron chi connectivity index (χ3n) is 15.1. The Kier molecular flexibility index (Phi) is 11.2. The van der Waals surface area contributed by atoms with E-state index < -0.39 is 0 Å². The second kappa shape index (κ2) is 19.1. The maximum Gasteiger partial charge on any atom is 0.0541 e. The summed E-state index contributed by atoms with van der Waals surface area (Å²) in [5.41, 5.74) is 21.0. The Morgan fingerprint density at radius 1 is 0.224 bits per heavy atom. The minimum Gasteiger partial charge on any atom is -0.310 e. The van der Waals surface area contributed by atoms with Crippen molar-refractivity contribution in [3.63, 3.8) is 0 Å². The molecule has 0 unspecified atom stereocenters. The summed E-state index contributed by atoms with van der Waals surface area (Å²) in [5.74, 6) is 0. The molecule has 0 atom stereocenters. The van der Waals surface area contributed by atoms with Gasteiger partial charge in [-0.25, -0.2) is 0 Å². The molecule has 14 rings (SSSR count). The van der Waals surface area contributed by atoms with Gasteiger partial charge in [0, 0.05) is 33.2 Å². The largest absolute Gasteiger partial charge is 0.310 e. The normalized spacial score (nSPS) is 11.4. The Balaban J connectivity index is 0.882. The van der Waals surface area contributed by atoms with Gasteiger partial charge in [-0.3, -0.25) is 0 Å². The molecule has 0 saturated carbocycles. The molecular weight excluding hydrogens is 917 g/mol. The summed E-state index contributed by atoms with van der Waals surface area (Å²) in [5, 5.41) is 7.28. The molecule has 76 heavy (non-hydrogen) atoms. The van der Waals surface area contributed by atoms with E-state index in [0.29, 0.717) is 0 Å². The Hall–Kier alpha value is -10.0. The first kappa shape index (κ1) is 44.7. The van der Waals surface area contributed by atoms with E-state index in [2.05, 4.69) is 313 Å². The molecule has 0 amide bonds. The molecule has 1 heterocycles. The SMILES string of the molecule is c1ccc(-c2cccc(-c3cc(-c4cccc(-c5ccccc5)c4)cc(-n4c5ccccc5c5cc(-c6ccccc6-c6ccc(N(c7ccc8ccccc8c7)c7cccc8ccccc78)cc6)ccc54)c3)c2)cc1. The molecule has 1 aromatic heterocycles. The van der Waals surface area contributed by atoms with E-state index in [0.717, 1.165) is 45.0 Å².